The summed E-state index contributed by atoms with van der Waals surface area (Å²) >= 11 is 1.64. The third kappa shape index (κ3) is 3.13. The highest BCUT2D eigenvalue weighted by Crippen LogP contribution is 2.44. The number of benzene rings is 1. The minimum Gasteiger partial charge on any atom is -0.488 e. The second kappa shape index (κ2) is 7.17. The molecule has 1 atom stereocenters. The van der Waals surface area contributed by atoms with Gasteiger partial charge in [0, 0.05) is 18.3 Å². The predicted octanol–water partition coefficient (Wildman–Crippen LogP) is 2.98. The molecule has 148 valence electrons. The Morgan fingerprint density at radius 3 is 2.93 bits per heavy atom. The molecule has 1 fully saturated rings. The van der Waals surface area contributed by atoms with Crippen LogP contribution in [0.2, 0.25) is 0 Å². The zero-order valence-electron chi connectivity index (χ0n) is 16.2. The fourth-order valence-electron chi connectivity index (χ4n) is 4.66. The van der Waals surface area contributed by atoms with Crippen LogP contribution in [-0.2, 0) is 23.2 Å². The van der Waals surface area contributed by atoms with Crippen LogP contribution in [0.4, 0.5) is 0 Å². The Bertz CT molecular complexity index is 863. The van der Waals surface area contributed by atoms with Crippen LogP contribution in [-0.4, -0.2) is 50.2 Å². The fourth-order valence-corrected chi connectivity index (χ4v) is 6.07. The van der Waals surface area contributed by atoms with Gasteiger partial charge < -0.3 is 19.7 Å². The van der Waals surface area contributed by atoms with E-state index in [1.165, 1.54) is 16.0 Å². The molecule has 1 saturated heterocycles. The largest absolute Gasteiger partial charge is 0.488 e. The van der Waals surface area contributed by atoms with E-state index in [9.17, 15) is 4.79 Å². The molecule has 6 heteroatoms. The van der Waals surface area contributed by atoms with Crippen LogP contribution in [0.3, 0.4) is 0 Å². The smallest absolute Gasteiger partial charge is 0.263 e. The lowest BCUT2D eigenvalue weighted by Crippen LogP contribution is -2.44. The Labute approximate surface area is 169 Å². The summed E-state index contributed by atoms with van der Waals surface area (Å²) in [6.45, 7) is 3.29. The van der Waals surface area contributed by atoms with Crippen molar-refractivity contribution in [1.82, 2.24) is 10.2 Å². The average Bonchev–Trinajstić information content (AvgIpc) is 3.32. The number of thiophene rings is 1. The van der Waals surface area contributed by atoms with E-state index in [2.05, 4.69) is 17.4 Å². The molecule has 0 aliphatic carbocycles. The van der Waals surface area contributed by atoms with Crippen LogP contribution in [0.5, 0.6) is 5.75 Å². The third-order valence-electron chi connectivity index (χ3n) is 6.13. The maximum Gasteiger partial charge on any atom is 0.263 e. The van der Waals surface area contributed by atoms with Crippen molar-refractivity contribution in [1.29, 1.82) is 0 Å². The summed E-state index contributed by atoms with van der Waals surface area (Å²) in [4.78, 5) is 17.0. The van der Waals surface area contributed by atoms with Crippen molar-refractivity contribution in [3.63, 3.8) is 0 Å². The Kier molecular flexibility index (Phi) is 4.65. The number of para-hydroxylation sites is 1. The zero-order chi connectivity index (χ0) is 19.1. The average molecular weight is 399 g/mol. The first-order valence-corrected chi connectivity index (χ1v) is 10.9. The van der Waals surface area contributed by atoms with E-state index >= 15 is 0 Å². The second-order valence-corrected chi connectivity index (χ2v) is 9.10. The van der Waals surface area contributed by atoms with Crippen molar-refractivity contribution in [3.8, 4) is 5.75 Å². The van der Waals surface area contributed by atoms with Crippen LogP contribution in [0, 0.1) is 0 Å². The Balaban J connectivity index is 1.31. The Hall–Kier alpha value is -1.89. The number of rotatable bonds is 3. The summed E-state index contributed by atoms with van der Waals surface area (Å²) in [7, 11) is 1.88. The molecule has 1 aromatic heterocycles. The molecule has 28 heavy (non-hydrogen) atoms. The first kappa shape index (κ1) is 18.2. The summed E-state index contributed by atoms with van der Waals surface area (Å²) in [6, 6.07) is 10.2. The van der Waals surface area contributed by atoms with Gasteiger partial charge in [0.05, 0.1) is 18.0 Å². The highest BCUT2D eigenvalue weighted by molar-refractivity contribution is 7.14. The van der Waals surface area contributed by atoms with Crippen molar-refractivity contribution in [3.05, 3.63) is 51.2 Å². The number of carbonyl (C=O) groups excluding carboxylic acids is 1. The van der Waals surface area contributed by atoms with Gasteiger partial charge in [-0.2, -0.15) is 0 Å². The lowest BCUT2D eigenvalue weighted by atomic mass is 9.86. The van der Waals surface area contributed by atoms with Gasteiger partial charge in [-0.25, -0.2) is 0 Å². The van der Waals surface area contributed by atoms with E-state index in [1.807, 2.05) is 30.1 Å². The van der Waals surface area contributed by atoms with Crippen LogP contribution in [0.1, 0.15) is 38.5 Å². The topological polar surface area (TPSA) is 50.8 Å². The highest BCUT2D eigenvalue weighted by atomic mass is 32.1. The van der Waals surface area contributed by atoms with Crippen molar-refractivity contribution in [2.75, 3.05) is 33.3 Å². The molecule has 3 aliphatic heterocycles. The standard InChI is InChI=1S/C22H26N2O3S/c1-24(14-17-12-15-4-2-3-5-18(15)27-17)21(25)19-13-16-6-11-26-22(20(16)28-19)7-9-23-10-8-22/h2-5,13,17,23H,6-12,14H2,1H3. The maximum absolute atomic E-state index is 13.1. The summed E-state index contributed by atoms with van der Waals surface area (Å²) in [5.74, 6) is 1.04. The van der Waals surface area contributed by atoms with Crippen molar-refractivity contribution in [2.24, 2.45) is 0 Å². The van der Waals surface area contributed by atoms with Gasteiger partial charge in [0.2, 0.25) is 0 Å². The molecule has 0 bridgehead atoms. The highest BCUT2D eigenvalue weighted by Gasteiger charge is 2.41. The van der Waals surface area contributed by atoms with Gasteiger partial charge in [0.1, 0.15) is 17.5 Å². The molecule has 1 spiro atoms. The maximum atomic E-state index is 13.1. The molecular formula is C22H26N2O3S. The van der Waals surface area contributed by atoms with Crippen LogP contribution in [0.15, 0.2) is 30.3 Å². The van der Waals surface area contributed by atoms with Gasteiger partial charge in [-0.15, -0.1) is 11.3 Å². The Morgan fingerprint density at radius 1 is 1.29 bits per heavy atom. The van der Waals surface area contributed by atoms with E-state index < -0.39 is 0 Å². The lowest BCUT2D eigenvalue weighted by molar-refractivity contribution is -0.0771. The number of ether oxygens (including phenoxy) is 2. The zero-order valence-corrected chi connectivity index (χ0v) is 17.0. The van der Waals surface area contributed by atoms with Gasteiger partial charge in [-0.05, 0) is 55.6 Å². The number of fused-ring (bicyclic) bond motifs is 3. The number of nitrogens with zero attached hydrogens (tertiary/aromatic N) is 1. The predicted molar refractivity (Wildman–Crippen MR) is 109 cm³/mol. The number of nitrogens with one attached hydrogen (secondary N) is 1. The lowest BCUT2D eigenvalue weighted by Gasteiger charge is -2.40. The number of piperidine rings is 1. The number of hydrogen-bond donors (Lipinski definition) is 1. The molecule has 1 amide bonds. The number of hydrogen-bond acceptors (Lipinski definition) is 5. The minimum absolute atomic E-state index is 0.0278. The van der Waals surface area contributed by atoms with Crippen molar-refractivity contribution < 1.29 is 14.3 Å². The summed E-state index contributed by atoms with van der Waals surface area (Å²) in [5, 5.41) is 3.42. The van der Waals surface area contributed by atoms with E-state index in [0.717, 1.165) is 56.0 Å². The van der Waals surface area contributed by atoms with E-state index in [4.69, 9.17) is 9.47 Å². The molecule has 0 radical (unpaired) electrons. The second-order valence-electron chi connectivity index (χ2n) is 8.05. The van der Waals surface area contributed by atoms with E-state index in [-0.39, 0.29) is 17.6 Å². The van der Waals surface area contributed by atoms with E-state index in [1.54, 1.807) is 11.3 Å². The number of carbonyl (C=O) groups is 1. The third-order valence-corrected chi connectivity index (χ3v) is 7.48. The van der Waals surface area contributed by atoms with Gasteiger partial charge >= 0.3 is 0 Å². The first-order chi connectivity index (χ1) is 13.6. The number of likely N-dealkylation sites (N-methyl/N-ethyl adjacent to an activating group) is 1. The quantitative estimate of drug-likeness (QED) is 0.864. The normalized spacial score (nSPS) is 22.4. The summed E-state index contributed by atoms with van der Waals surface area (Å²) < 4.78 is 12.3. The molecule has 4 heterocycles. The molecule has 5 rings (SSSR count). The Morgan fingerprint density at radius 2 is 2.11 bits per heavy atom. The van der Waals surface area contributed by atoms with Crippen LogP contribution in [0.25, 0.3) is 0 Å². The molecule has 1 unspecified atom stereocenters. The van der Waals surface area contributed by atoms with Gasteiger partial charge in [0.25, 0.3) is 5.91 Å². The van der Waals surface area contributed by atoms with Crippen molar-refractivity contribution in [2.45, 2.75) is 37.4 Å². The van der Waals surface area contributed by atoms with Gasteiger partial charge in [0.15, 0.2) is 0 Å². The first-order valence-electron chi connectivity index (χ1n) is 10.1. The molecule has 3 aliphatic rings. The van der Waals surface area contributed by atoms with Crippen molar-refractivity contribution >= 4 is 17.2 Å². The fraction of sp³-hybridized carbons (Fsp3) is 0.500. The monoisotopic (exact) mass is 398 g/mol. The molecule has 2 aromatic rings. The summed E-state index contributed by atoms with van der Waals surface area (Å²) in [5.41, 5.74) is 2.35. The molecule has 5 nitrogen and oxygen atoms in total. The molecule has 1 aromatic carbocycles. The molecule has 1 N–H and O–H groups in total. The number of amides is 1. The summed E-state index contributed by atoms with van der Waals surface area (Å²) in [6.07, 6.45) is 3.76. The molecular weight excluding hydrogens is 372 g/mol. The minimum atomic E-state index is -0.184. The van der Waals surface area contributed by atoms with E-state index in [0.29, 0.717) is 6.54 Å². The van der Waals surface area contributed by atoms with Gasteiger partial charge in [-0.3, -0.25) is 4.79 Å². The van der Waals surface area contributed by atoms with Crippen LogP contribution >= 0.6 is 11.3 Å². The SMILES string of the molecule is CN(CC1Cc2ccccc2O1)C(=O)c1cc2c(s1)C1(CCNCC1)OCC2. The van der Waals surface area contributed by atoms with Crippen LogP contribution < -0.4 is 10.1 Å². The van der Waals surface area contributed by atoms with Gasteiger partial charge in [-0.1, -0.05) is 18.2 Å². The molecule has 0 saturated carbocycles.